The van der Waals surface area contributed by atoms with Crippen molar-refractivity contribution < 1.29 is 4.74 Å². The fourth-order valence-electron chi connectivity index (χ4n) is 4.35. The summed E-state index contributed by atoms with van der Waals surface area (Å²) in [6.07, 6.45) is 2.60. The second-order valence-electron chi connectivity index (χ2n) is 8.83. The lowest BCUT2D eigenvalue weighted by Gasteiger charge is -2.35. The highest BCUT2D eigenvalue weighted by Crippen LogP contribution is 2.18. The summed E-state index contributed by atoms with van der Waals surface area (Å²) in [7, 11) is 0. The van der Waals surface area contributed by atoms with E-state index >= 15 is 0 Å². The molecule has 0 bridgehead atoms. The van der Waals surface area contributed by atoms with Crippen molar-refractivity contribution in [3.63, 3.8) is 0 Å². The molecule has 2 saturated heterocycles. The summed E-state index contributed by atoms with van der Waals surface area (Å²) < 4.78 is 5.49. The van der Waals surface area contributed by atoms with Crippen molar-refractivity contribution in [2.75, 3.05) is 52.5 Å². The van der Waals surface area contributed by atoms with Crippen LogP contribution in [0, 0.1) is 5.92 Å². The number of aliphatic imine (C=N–C) groups is 1. The van der Waals surface area contributed by atoms with Gasteiger partial charge in [-0.25, -0.2) is 4.99 Å². The zero-order chi connectivity index (χ0) is 21.2. The van der Waals surface area contributed by atoms with Gasteiger partial charge in [0.05, 0.1) is 19.8 Å². The number of likely N-dealkylation sites (tertiary alicyclic amines) is 1. The van der Waals surface area contributed by atoms with Crippen LogP contribution in [0.4, 0.5) is 0 Å². The topological polar surface area (TPSA) is 52.1 Å². The largest absolute Gasteiger partial charge is 0.379 e. The lowest BCUT2D eigenvalue weighted by atomic mass is 9.97. The van der Waals surface area contributed by atoms with Crippen LogP contribution in [0.25, 0.3) is 0 Å². The number of nitrogens with one attached hydrogen (secondary N) is 2. The minimum absolute atomic E-state index is 0.637. The van der Waals surface area contributed by atoms with Crippen molar-refractivity contribution in [3.05, 3.63) is 35.4 Å². The SMILES string of the molecule is CCNC(=NCc1ccccc1CN1CCOCC1)NCC1CCCN(C(C)C)C1. The van der Waals surface area contributed by atoms with E-state index in [-0.39, 0.29) is 0 Å². The van der Waals surface area contributed by atoms with Gasteiger partial charge in [0.1, 0.15) is 0 Å². The van der Waals surface area contributed by atoms with E-state index < -0.39 is 0 Å². The molecule has 0 aliphatic carbocycles. The number of rotatable bonds is 8. The summed E-state index contributed by atoms with van der Waals surface area (Å²) in [5.41, 5.74) is 2.68. The summed E-state index contributed by atoms with van der Waals surface area (Å²) in [4.78, 5) is 9.98. The van der Waals surface area contributed by atoms with Crippen molar-refractivity contribution in [2.45, 2.75) is 52.7 Å². The van der Waals surface area contributed by atoms with Crippen molar-refractivity contribution in [3.8, 4) is 0 Å². The Morgan fingerprint density at radius 2 is 1.90 bits per heavy atom. The van der Waals surface area contributed by atoms with Crippen molar-refractivity contribution in [2.24, 2.45) is 10.9 Å². The molecule has 6 heteroatoms. The van der Waals surface area contributed by atoms with E-state index in [1.165, 1.54) is 37.1 Å². The first-order valence-electron chi connectivity index (χ1n) is 11.8. The summed E-state index contributed by atoms with van der Waals surface area (Å²) in [5, 5.41) is 7.03. The standard InChI is InChI=1S/C24H41N5O/c1-4-25-24(26-16-21-8-7-11-29(18-21)20(2)3)27-17-22-9-5-6-10-23(22)19-28-12-14-30-15-13-28/h5-6,9-10,20-21H,4,7-8,11-19H2,1-3H3,(H2,25,26,27). The number of hydrogen-bond donors (Lipinski definition) is 2. The van der Waals surface area contributed by atoms with Gasteiger partial charge in [0.25, 0.3) is 0 Å². The molecule has 168 valence electrons. The number of ether oxygens (including phenoxy) is 1. The molecule has 1 atom stereocenters. The van der Waals surface area contributed by atoms with Gasteiger partial charge in [0.2, 0.25) is 0 Å². The highest BCUT2D eigenvalue weighted by Gasteiger charge is 2.21. The maximum Gasteiger partial charge on any atom is 0.191 e. The highest BCUT2D eigenvalue weighted by molar-refractivity contribution is 5.79. The van der Waals surface area contributed by atoms with Gasteiger partial charge in [0, 0.05) is 45.3 Å². The molecule has 0 aromatic heterocycles. The van der Waals surface area contributed by atoms with Crippen LogP contribution in [0.2, 0.25) is 0 Å². The number of morpholine rings is 1. The van der Waals surface area contributed by atoms with Gasteiger partial charge in [0.15, 0.2) is 5.96 Å². The van der Waals surface area contributed by atoms with Gasteiger partial charge in [-0.2, -0.15) is 0 Å². The molecule has 0 saturated carbocycles. The monoisotopic (exact) mass is 415 g/mol. The van der Waals surface area contributed by atoms with Crippen LogP contribution in [0.1, 0.15) is 44.7 Å². The molecule has 2 N–H and O–H groups in total. The van der Waals surface area contributed by atoms with E-state index in [9.17, 15) is 0 Å². The maximum absolute atomic E-state index is 5.49. The second-order valence-corrected chi connectivity index (χ2v) is 8.83. The van der Waals surface area contributed by atoms with Gasteiger partial charge in [-0.1, -0.05) is 24.3 Å². The van der Waals surface area contributed by atoms with E-state index in [0.29, 0.717) is 18.5 Å². The number of piperidine rings is 1. The Kier molecular flexibility index (Phi) is 9.43. The zero-order valence-electron chi connectivity index (χ0n) is 19.2. The fraction of sp³-hybridized carbons (Fsp3) is 0.708. The third-order valence-corrected chi connectivity index (χ3v) is 6.21. The number of nitrogens with zero attached hydrogens (tertiary/aromatic N) is 3. The summed E-state index contributed by atoms with van der Waals surface area (Å²) >= 11 is 0. The van der Waals surface area contributed by atoms with Crippen LogP contribution in [0.3, 0.4) is 0 Å². The number of guanidine groups is 1. The summed E-state index contributed by atoms with van der Waals surface area (Å²) in [6, 6.07) is 9.35. The lowest BCUT2D eigenvalue weighted by molar-refractivity contribution is 0.0341. The normalized spacial score (nSPS) is 21.7. The molecule has 3 rings (SSSR count). The average Bonchev–Trinajstić information content (AvgIpc) is 2.77. The van der Waals surface area contributed by atoms with Crippen molar-refractivity contribution in [1.82, 2.24) is 20.4 Å². The van der Waals surface area contributed by atoms with Gasteiger partial charge in [-0.3, -0.25) is 4.90 Å². The highest BCUT2D eigenvalue weighted by atomic mass is 16.5. The Morgan fingerprint density at radius 1 is 1.13 bits per heavy atom. The Labute approximate surface area is 183 Å². The average molecular weight is 416 g/mol. The Bertz CT molecular complexity index is 657. The molecule has 30 heavy (non-hydrogen) atoms. The third-order valence-electron chi connectivity index (χ3n) is 6.21. The first-order valence-corrected chi connectivity index (χ1v) is 11.8. The van der Waals surface area contributed by atoms with Crippen LogP contribution in [-0.2, 0) is 17.8 Å². The molecule has 2 fully saturated rings. The molecule has 1 unspecified atom stereocenters. The molecular weight excluding hydrogens is 374 g/mol. The van der Waals surface area contributed by atoms with Crippen LogP contribution < -0.4 is 10.6 Å². The van der Waals surface area contributed by atoms with Gasteiger partial charge < -0.3 is 20.3 Å². The smallest absolute Gasteiger partial charge is 0.191 e. The van der Waals surface area contributed by atoms with E-state index in [2.05, 4.69) is 65.5 Å². The van der Waals surface area contributed by atoms with Gasteiger partial charge in [-0.05, 0) is 57.2 Å². The van der Waals surface area contributed by atoms with E-state index in [0.717, 1.165) is 51.9 Å². The van der Waals surface area contributed by atoms with Crippen molar-refractivity contribution >= 4 is 5.96 Å². The van der Waals surface area contributed by atoms with E-state index in [1.54, 1.807) is 0 Å². The summed E-state index contributed by atoms with van der Waals surface area (Å²) in [6.45, 7) is 16.4. The van der Waals surface area contributed by atoms with Crippen LogP contribution in [0.5, 0.6) is 0 Å². The minimum Gasteiger partial charge on any atom is -0.379 e. The molecule has 2 heterocycles. The quantitative estimate of drug-likeness (QED) is 0.505. The minimum atomic E-state index is 0.637. The Morgan fingerprint density at radius 3 is 2.63 bits per heavy atom. The lowest BCUT2D eigenvalue weighted by Crippen LogP contribution is -2.46. The molecule has 2 aliphatic rings. The van der Waals surface area contributed by atoms with Crippen LogP contribution in [0.15, 0.2) is 29.3 Å². The van der Waals surface area contributed by atoms with Crippen LogP contribution >= 0.6 is 0 Å². The zero-order valence-corrected chi connectivity index (χ0v) is 19.2. The molecular formula is C24H41N5O. The molecule has 0 radical (unpaired) electrons. The van der Waals surface area contributed by atoms with Gasteiger partial charge in [-0.15, -0.1) is 0 Å². The second kappa shape index (κ2) is 12.3. The number of benzene rings is 1. The number of hydrogen-bond acceptors (Lipinski definition) is 4. The van der Waals surface area contributed by atoms with Crippen LogP contribution in [-0.4, -0.2) is 74.3 Å². The molecule has 6 nitrogen and oxygen atoms in total. The first-order chi connectivity index (χ1) is 14.7. The Hall–Kier alpha value is -1.63. The molecule has 0 spiro atoms. The van der Waals surface area contributed by atoms with Gasteiger partial charge >= 0.3 is 0 Å². The Balaban J connectivity index is 1.56. The molecule has 1 aromatic rings. The molecule has 0 amide bonds. The van der Waals surface area contributed by atoms with E-state index in [4.69, 9.17) is 9.73 Å². The predicted octanol–water partition coefficient (Wildman–Crippen LogP) is 2.69. The van der Waals surface area contributed by atoms with E-state index in [1.807, 2.05) is 0 Å². The maximum atomic E-state index is 5.49. The first kappa shape index (κ1) is 23.0. The van der Waals surface area contributed by atoms with Crippen molar-refractivity contribution in [1.29, 1.82) is 0 Å². The fourth-order valence-corrected chi connectivity index (χ4v) is 4.35. The summed E-state index contributed by atoms with van der Waals surface area (Å²) in [5.74, 6) is 1.62. The molecule has 2 aliphatic heterocycles. The molecule has 1 aromatic carbocycles. The predicted molar refractivity (Wildman–Crippen MR) is 125 cm³/mol. The third kappa shape index (κ3) is 7.25.